The Kier molecular flexibility index (Phi) is 9.56. The Bertz CT molecular complexity index is 206. The Morgan fingerprint density at radius 3 is 2.76 bits per heavy atom. The van der Waals surface area contributed by atoms with Gasteiger partial charge in [0.25, 0.3) is 0 Å². The molecule has 0 aromatic carbocycles. The molecule has 0 saturated carbocycles. The zero-order valence-electron chi connectivity index (χ0n) is 11.1. The number of hydrogen-bond acceptors (Lipinski definition) is 2. The zero-order chi connectivity index (χ0) is 11.8. The highest BCUT2D eigenvalue weighted by atomic mass is 35.5. The van der Waals surface area contributed by atoms with E-state index in [0.717, 1.165) is 32.4 Å². The third-order valence-electron chi connectivity index (χ3n) is 3.45. The van der Waals surface area contributed by atoms with E-state index in [9.17, 15) is 4.79 Å². The first-order chi connectivity index (χ1) is 7.77. The van der Waals surface area contributed by atoms with Gasteiger partial charge in [0.2, 0.25) is 5.91 Å². The standard InChI is InChI=1S/C13H26N2O.ClH/c1-3-5-7-11(4-2)13(16)15-10-12-8-6-9-14-12;/h11-12,14H,3-10H2,1-2H3,(H,15,16);1H. The molecule has 0 radical (unpaired) electrons. The smallest absolute Gasteiger partial charge is 0.223 e. The highest BCUT2D eigenvalue weighted by Crippen LogP contribution is 2.12. The van der Waals surface area contributed by atoms with E-state index in [4.69, 9.17) is 0 Å². The summed E-state index contributed by atoms with van der Waals surface area (Å²) in [7, 11) is 0. The average Bonchev–Trinajstić information content (AvgIpc) is 2.80. The number of amides is 1. The Morgan fingerprint density at radius 1 is 1.47 bits per heavy atom. The molecule has 1 aliphatic heterocycles. The molecular weight excluding hydrogens is 236 g/mol. The Balaban J connectivity index is 0.00000256. The number of unbranched alkanes of at least 4 members (excludes halogenated alkanes) is 1. The van der Waals surface area contributed by atoms with Gasteiger partial charge in [-0.2, -0.15) is 0 Å². The lowest BCUT2D eigenvalue weighted by molar-refractivity contribution is -0.125. The minimum absolute atomic E-state index is 0. The van der Waals surface area contributed by atoms with Gasteiger partial charge >= 0.3 is 0 Å². The molecule has 0 aromatic rings. The molecule has 2 unspecified atom stereocenters. The van der Waals surface area contributed by atoms with Crippen molar-refractivity contribution in [3.8, 4) is 0 Å². The molecular formula is C13H27ClN2O. The Hall–Kier alpha value is -0.280. The van der Waals surface area contributed by atoms with Crippen molar-refractivity contribution in [1.29, 1.82) is 0 Å². The van der Waals surface area contributed by atoms with Crippen LogP contribution in [0, 0.1) is 5.92 Å². The van der Waals surface area contributed by atoms with Crippen LogP contribution in [0.3, 0.4) is 0 Å². The van der Waals surface area contributed by atoms with Crippen molar-refractivity contribution < 1.29 is 4.79 Å². The summed E-state index contributed by atoms with van der Waals surface area (Å²) in [4.78, 5) is 11.9. The predicted octanol–water partition coefficient (Wildman–Crippen LogP) is 2.49. The molecule has 1 aliphatic rings. The SMILES string of the molecule is CCCCC(CC)C(=O)NCC1CCCN1.Cl. The third-order valence-corrected chi connectivity index (χ3v) is 3.45. The van der Waals surface area contributed by atoms with Gasteiger partial charge in [0.15, 0.2) is 0 Å². The maximum atomic E-state index is 11.9. The van der Waals surface area contributed by atoms with Crippen LogP contribution in [0.2, 0.25) is 0 Å². The maximum absolute atomic E-state index is 11.9. The Morgan fingerprint density at radius 2 is 2.24 bits per heavy atom. The fraction of sp³-hybridized carbons (Fsp3) is 0.923. The number of nitrogens with one attached hydrogen (secondary N) is 2. The lowest BCUT2D eigenvalue weighted by Crippen LogP contribution is -2.39. The molecule has 4 heteroatoms. The van der Waals surface area contributed by atoms with E-state index < -0.39 is 0 Å². The summed E-state index contributed by atoms with van der Waals surface area (Å²) < 4.78 is 0. The first-order valence-electron chi connectivity index (χ1n) is 6.79. The van der Waals surface area contributed by atoms with Crippen molar-refractivity contribution >= 4 is 18.3 Å². The fourth-order valence-corrected chi connectivity index (χ4v) is 2.27. The molecule has 1 heterocycles. The van der Waals surface area contributed by atoms with Crippen LogP contribution in [0.4, 0.5) is 0 Å². The normalized spacial score (nSPS) is 20.7. The summed E-state index contributed by atoms with van der Waals surface area (Å²) in [5.41, 5.74) is 0. The van der Waals surface area contributed by atoms with E-state index in [2.05, 4.69) is 24.5 Å². The summed E-state index contributed by atoms with van der Waals surface area (Å²) in [5, 5.41) is 6.48. The first-order valence-corrected chi connectivity index (χ1v) is 6.79. The van der Waals surface area contributed by atoms with Crippen molar-refractivity contribution in [1.82, 2.24) is 10.6 Å². The van der Waals surface area contributed by atoms with Gasteiger partial charge in [0.1, 0.15) is 0 Å². The van der Waals surface area contributed by atoms with Gasteiger partial charge in [-0.15, -0.1) is 12.4 Å². The minimum atomic E-state index is 0. The van der Waals surface area contributed by atoms with Crippen LogP contribution in [0.1, 0.15) is 52.4 Å². The molecule has 17 heavy (non-hydrogen) atoms. The van der Waals surface area contributed by atoms with Crippen LogP contribution < -0.4 is 10.6 Å². The van der Waals surface area contributed by atoms with Crippen molar-refractivity contribution in [2.24, 2.45) is 5.92 Å². The van der Waals surface area contributed by atoms with Crippen LogP contribution in [-0.4, -0.2) is 25.0 Å². The van der Waals surface area contributed by atoms with E-state index in [-0.39, 0.29) is 24.2 Å². The number of rotatable bonds is 7. The van der Waals surface area contributed by atoms with Crippen molar-refractivity contribution in [2.45, 2.75) is 58.4 Å². The third kappa shape index (κ3) is 6.27. The molecule has 2 N–H and O–H groups in total. The molecule has 1 rings (SSSR count). The zero-order valence-corrected chi connectivity index (χ0v) is 11.9. The summed E-state index contributed by atoms with van der Waals surface area (Å²) in [6.45, 7) is 6.19. The number of carbonyl (C=O) groups is 1. The molecule has 102 valence electrons. The number of hydrogen-bond donors (Lipinski definition) is 2. The molecule has 1 saturated heterocycles. The van der Waals surface area contributed by atoms with Crippen molar-refractivity contribution in [3.05, 3.63) is 0 Å². The molecule has 1 amide bonds. The van der Waals surface area contributed by atoms with Crippen molar-refractivity contribution in [2.75, 3.05) is 13.1 Å². The van der Waals surface area contributed by atoms with Crippen LogP contribution in [-0.2, 0) is 4.79 Å². The predicted molar refractivity (Wildman–Crippen MR) is 74.6 cm³/mol. The second-order valence-corrected chi connectivity index (χ2v) is 4.79. The van der Waals surface area contributed by atoms with E-state index in [1.165, 1.54) is 19.3 Å². The summed E-state index contributed by atoms with van der Waals surface area (Å²) >= 11 is 0. The average molecular weight is 263 g/mol. The van der Waals surface area contributed by atoms with E-state index >= 15 is 0 Å². The first kappa shape index (κ1) is 16.7. The molecule has 0 bridgehead atoms. The monoisotopic (exact) mass is 262 g/mol. The summed E-state index contributed by atoms with van der Waals surface area (Å²) in [5.74, 6) is 0.478. The van der Waals surface area contributed by atoms with Gasteiger partial charge in [-0.05, 0) is 32.2 Å². The van der Waals surface area contributed by atoms with Crippen LogP contribution in [0.25, 0.3) is 0 Å². The highest BCUT2D eigenvalue weighted by Gasteiger charge is 2.18. The maximum Gasteiger partial charge on any atom is 0.223 e. The van der Waals surface area contributed by atoms with E-state index in [1.54, 1.807) is 0 Å². The van der Waals surface area contributed by atoms with Crippen LogP contribution in [0.5, 0.6) is 0 Å². The number of carbonyl (C=O) groups excluding carboxylic acids is 1. The van der Waals surface area contributed by atoms with Gasteiger partial charge in [0.05, 0.1) is 0 Å². The quantitative estimate of drug-likeness (QED) is 0.740. The number of halogens is 1. The van der Waals surface area contributed by atoms with E-state index in [0.29, 0.717) is 6.04 Å². The summed E-state index contributed by atoms with van der Waals surface area (Å²) in [6, 6.07) is 0.507. The van der Waals surface area contributed by atoms with Gasteiger partial charge in [-0.3, -0.25) is 4.79 Å². The van der Waals surface area contributed by atoms with Gasteiger partial charge in [0, 0.05) is 18.5 Å². The molecule has 0 spiro atoms. The lowest BCUT2D eigenvalue weighted by Gasteiger charge is -2.17. The molecule has 0 aromatic heterocycles. The van der Waals surface area contributed by atoms with Crippen LogP contribution >= 0.6 is 12.4 Å². The second kappa shape index (κ2) is 9.72. The molecule has 1 fully saturated rings. The highest BCUT2D eigenvalue weighted by molar-refractivity contribution is 5.85. The topological polar surface area (TPSA) is 41.1 Å². The van der Waals surface area contributed by atoms with E-state index in [1.807, 2.05) is 0 Å². The van der Waals surface area contributed by atoms with Crippen LogP contribution in [0.15, 0.2) is 0 Å². The minimum Gasteiger partial charge on any atom is -0.354 e. The van der Waals surface area contributed by atoms with Gasteiger partial charge < -0.3 is 10.6 Å². The summed E-state index contributed by atoms with van der Waals surface area (Å²) in [6.07, 6.45) is 6.78. The van der Waals surface area contributed by atoms with Crippen molar-refractivity contribution in [3.63, 3.8) is 0 Å². The molecule has 0 aliphatic carbocycles. The van der Waals surface area contributed by atoms with Gasteiger partial charge in [-0.1, -0.05) is 26.7 Å². The largest absolute Gasteiger partial charge is 0.354 e. The van der Waals surface area contributed by atoms with Gasteiger partial charge in [-0.25, -0.2) is 0 Å². The lowest BCUT2D eigenvalue weighted by atomic mass is 9.98. The second-order valence-electron chi connectivity index (χ2n) is 4.79. The Labute approximate surface area is 112 Å². The fourth-order valence-electron chi connectivity index (χ4n) is 2.27. The molecule has 3 nitrogen and oxygen atoms in total. The molecule has 2 atom stereocenters.